The van der Waals surface area contributed by atoms with Crippen LogP contribution in [0.1, 0.15) is 12.8 Å². The first-order valence-corrected chi connectivity index (χ1v) is 5.09. The molecule has 1 aromatic carbocycles. The Bertz CT molecular complexity index is 323. The van der Waals surface area contributed by atoms with Gasteiger partial charge in [-0.15, -0.1) is 12.4 Å². The van der Waals surface area contributed by atoms with Crippen LogP contribution in [0.2, 0.25) is 0 Å². The number of hydrogen-bond donors (Lipinski definition) is 1. The van der Waals surface area contributed by atoms with Crippen molar-refractivity contribution >= 4 is 12.4 Å². The summed E-state index contributed by atoms with van der Waals surface area (Å²) >= 11 is 0. The van der Waals surface area contributed by atoms with Crippen LogP contribution in [0, 0.1) is 11.6 Å². The molecule has 5 heteroatoms. The van der Waals surface area contributed by atoms with Crippen molar-refractivity contribution in [1.29, 1.82) is 0 Å². The van der Waals surface area contributed by atoms with Crippen molar-refractivity contribution in [3.63, 3.8) is 0 Å². The summed E-state index contributed by atoms with van der Waals surface area (Å²) in [6.07, 6.45) is 1.49. The molecule has 1 heterocycles. The van der Waals surface area contributed by atoms with Gasteiger partial charge < -0.3 is 10.1 Å². The van der Waals surface area contributed by atoms with Gasteiger partial charge in [0, 0.05) is 0 Å². The molecule has 1 aliphatic heterocycles. The highest BCUT2D eigenvalue weighted by Gasteiger charge is 2.18. The van der Waals surface area contributed by atoms with Gasteiger partial charge in [0.25, 0.3) is 0 Å². The summed E-state index contributed by atoms with van der Waals surface area (Å²) in [5.41, 5.74) is 0. The van der Waals surface area contributed by atoms with Crippen LogP contribution < -0.4 is 10.1 Å². The van der Waals surface area contributed by atoms with Crippen molar-refractivity contribution in [3.8, 4) is 5.75 Å². The van der Waals surface area contributed by atoms with E-state index in [1.54, 1.807) is 0 Å². The van der Waals surface area contributed by atoms with Gasteiger partial charge in [-0.2, -0.15) is 0 Å². The lowest BCUT2D eigenvalue weighted by Crippen LogP contribution is -2.34. The second-order valence-corrected chi connectivity index (χ2v) is 3.62. The first-order chi connectivity index (χ1) is 7.27. The molecule has 0 spiro atoms. The smallest absolute Gasteiger partial charge is 0.191 e. The predicted octanol–water partition coefficient (Wildman–Crippen LogP) is 2.52. The lowest BCUT2D eigenvalue weighted by atomic mass is 10.1. The number of halogens is 3. The van der Waals surface area contributed by atoms with Gasteiger partial charge in [0.15, 0.2) is 17.4 Å². The Morgan fingerprint density at radius 2 is 1.69 bits per heavy atom. The topological polar surface area (TPSA) is 21.3 Å². The number of ether oxygens (including phenoxy) is 1. The van der Waals surface area contributed by atoms with Gasteiger partial charge in [-0.1, -0.05) is 6.07 Å². The Kier molecular flexibility index (Phi) is 4.96. The molecule has 0 amide bonds. The molecular formula is C11H14ClF2NO. The van der Waals surface area contributed by atoms with Crippen molar-refractivity contribution in [2.24, 2.45) is 0 Å². The summed E-state index contributed by atoms with van der Waals surface area (Å²) in [6, 6.07) is 3.75. The van der Waals surface area contributed by atoms with Crippen LogP contribution in [0.15, 0.2) is 18.2 Å². The maximum atomic E-state index is 13.2. The van der Waals surface area contributed by atoms with E-state index in [0.29, 0.717) is 0 Å². The summed E-state index contributed by atoms with van der Waals surface area (Å²) in [4.78, 5) is 0. The Labute approximate surface area is 99.4 Å². The fourth-order valence-electron chi connectivity index (χ4n) is 1.68. The third-order valence-electron chi connectivity index (χ3n) is 2.49. The zero-order chi connectivity index (χ0) is 10.7. The highest BCUT2D eigenvalue weighted by atomic mass is 35.5. The molecular weight excluding hydrogens is 236 g/mol. The molecule has 0 saturated carbocycles. The predicted molar refractivity (Wildman–Crippen MR) is 60.1 cm³/mol. The molecule has 0 aromatic heterocycles. The molecule has 1 fully saturated rings. The average molecular weight is 250 g/mol. The van der Waals surface area contributed by atoms with Crippen LogP contribution in [0.5, 0.6) is 5.75 Å². The zero-order valence-electron chi connectivity index (χ0n) is 8.71. The highest BCUT2D eigenvalue weighted by Crippen LogP contribution is 2.23. The minimum Gasteiger partial charge on any atom is -0.484 e. The third-order valence-corrected chi connectivity index (χ3v) is 2.49. The van der Waals surface area contributed by atoms with Crippen LogP contribution in [0.3, 0.4) is 0 Å². The number of rotatable bonds is 2. The van der Waals surface area contributed by atoms with E-state index >= 15 is 0 Å². The fraction of sp³-hybridized carbons (Fsp3) is 0.455. The van der Waals surface area contributed by atoms with Crippen LogP contribution in [-0.2, 0) is 0 Å². The van der Waals surface area contributed by atoms with Crippen molar-refractivity contribution in [3.05, 3.63) is 29.8 Å². The Morgan fingerprint density at radius 1 is 1.12 bits per heavy atom. The maximum absolute atomic E-state index is 13.2. The third kappa shape index (κ3) is 3.06. The Morgan fingerprint density at radius 3 is 2.25 bits per heavy atom. The Hall–Kier alpha value is -0.870. The molecule has 1 saturated heterocycles. The molecule has 0 radical (unpaired) electrons. The van der Waals surface area contributed by atoms with Crippen molar-refractivity contribution in [1.82, 2.24) is 5.32 Å². The molecule has 1 N–H and O–H groups in total. The van der Waals surface area contributed by atoms with E-state index in [0.717, 1.165) is 25.9 Å². The van der Waals surface area contributed by atoms with E-state index < -0.39 is 11.6 Å². The molecule has 16 heavy (non-hydrogen) atoms. The molecule has 0 unspecified atom stereocenters. The second-order valence-electron chi connectivity index (χ2n) is 3.62. The minimum atomic E-state index is -0.631. The maximum Gasteiger partial charge on any atom is 0.191 e. The molecule has 2 rings (SSSR count). The monoisotopic (exact) mass is 249 g/mol. The van der Waals surface area contributed by atoms with Crippen LogP contribution in [0.4, 0.5) is 8.78 Å². The van der Waals surface area contributed by atoms with Crippen molar-refractivity contribution in [2.75, 3.05) is 13.1 Å². The summed E-state index contributed by atoms with van der Waals surface area (Å²) in [5.74, 6) is -1.51. The number of piperidine rings is 1. The summed E-state index contributed by atoms with van der Waals surface area (Å²) < 4.78 is 31.8. The van der Waals surface area contributed by atoms with Crippen LogP contribution in [0.25, 0.3) is 0 Å². The number of hydrogen-bond acceptors (Lipinski definition) is 2. The van der Waals surface area contributed by atoms with E-state index in [-0.39, 0.29) is 24.3 Å². The van der Waals surface area contributed by atoms with E-state index in [9.17, 15) is 8.78 Å². The molecule has 0 bridgehead atoms. The van der Waals surface area contributed by atoms with E-state index in [1.807, 2.05) is 0 Å². The second kappa shape index (κ2) is 6.01. The molecule has 1 aromatic rings. The highest BCUT2D eigenvalue weighted by molar-refractivity contribution is 5.85. The molecule has 90 valence electrons. The van der Waals surface area contributed by atoms with Gasteiger partial charge in [0.05, 0.1) is 0 Å². The van der Waals surface area contributed by atoms with Gasteiger partial charge in [-0.05, 0) is 38.1 Å². The van der Waals surface area contributed by atoms with Crippen LogP contribution >= 0.6 is 12.4 Å². The van der Waals surface area contributed by atoms with Gasteiger partial charge in [-0.25, -0.2) is 8.78 Å². The number of nitrogens with one attached hydrogen (secondary N) is 1. The van der Waals surface area contributed by atoms with E-state index in [4.69, 9.17) is 4.74 Å². The summed E-state index contributed by atoms with van der Waals surface area (Å²) in [5, 5.41) is 3.16. The summed E-state index contributed by atoms with van der Waals surface area (Å²) in [6.45, 7) is 1.67. The van der Waals surface area contributed by atoms with Crippen molar-refractivity contribution < 1.29 is 13.5 Å². The van der Waals surface area contributed by atoms with Crippen molar-refractivity contribution in [2.45, 2.75) is 18.9 Å². The minimum absolute atomic E-state index is 0. The van der Waals surface area contributed by atoms with Gasteiger partial charge in [0.2, 0.25) is 0 Å². The number of para-hydroxylation sites is 1. The zero-order valence-corrected chi connectivity index (χ0v) is 9.53. The van der Waals surface area contributed by atoms with Crippen LogP contribution in [-0.4, -0.2) is 19.2 Å². The van der Waals surface area contributed by atoms with E-state index in [2.05, 4.69) is 5.32 Å². The number of benzene rings is 1. The normalized spacial score (nSPS) is 16.6. The quantitative estimate of drug-likeness (QED) is 0.870. The lowest BCUT2D eigenvalue weighted by molar-refractivity contribution is 0.149. The molecule has 0 atom stereocenters. The SMILES string of the molecule is Cl.Fc1cccc(F)c1OC1CCNCC1. The van der Waals surface area contributed by atoms with Gasteiger partial charge in [-0.3, -0.25) is 0 Å². The largest absolute Gasteiger partial charge is 0.484 e. The average Bonchev–Trinajstić information content (AvgIpc) is 2.25. The first kappa shape index (κ1) is 13.2. The fourth-order valence-corrected chi connectivity index (χ4v) is 1.68. The molecule has 2 nitrogen and oxygen atoms in total. The lowest BCUT2D eigenvalue weighted by Gasteiger charge is -2.24. The molecule has 1 aliphatic rings. The molecule has 0 aliphatic carbocycles. The van der Waals surface area contributed by atoms with Gasteiger partial charge >= 0.3 is 0 Å². The Balaban J connectivity index is 0.00000128. The van der Waals surface area contributed by atoms with E-state index in [1.165, 1.54) is 18.2 Å². The standard InChI is InChI=1S/C11H13F2NO.ClH/c12-9-2-1-3-10(13)11(9)15-8-4-6-14-7-5-8;/h1-3,8,14H,4-7H2;1H. The summed E-state index contributed by atoms with van der Waals surface area (Å²) in [7, 11) is 0. The first-order valence-electron chi connectivity index (χ1n) is 5.09. The van der Waals surface area contributed by atoms with Gasteiger partial charge in [0.1, 0.15) is 6.10 Å².